The Morgan fingerprint density at radius 3 is 2.59 bits per heavy atom. The summed E-state index contributed by atoms with van der Waals surface area (Å²) >= 11 is 0. The van der Waals surface area contributed by atoms with Gasteiger partial charge in [-0.05, 0) is 13.3 Å². The van der Waals surface area contributed by atoms with Gasteiger partial charge in [-0.1, -0.05) is 42.5 Å². The number of rotatable bonds is 0. The Bertz CT molecular complexity index is 593. The van der Waals surface area contributed by atoms with Gasteiger partial charge in [0.05, 0.1) is 5.41 Å². The van der Waals surface area contributed by atoms with Crippen molar-refractivity contribution in [3.8, 4) is 0 Å². The lowest BCUT2D eigenvalue weighted by molar-refractivity contribution is 0.0801. The van der Waals surface area contributed by atoms with Crippen LogP contribution in [0.4, 0.5) is 0 Å². The third kappa shape index (κ3) is 1.21. The number of Topliss-reactive ketones (excluding diaryl/α,β-unsaturated/α-hetero) is 2. The highest BCUT2D eigenvalue weighted by Gasteiger charge is 2.46. The van der Waals surface area contributed by atoms with Gasteiger partial charge < -0.3 is 0 Å². The Kier molecular flexibility index (Phi) is 1.96. The summed E-state index contributed by atoms with van der Waals surface area (Å²) < 4.78 is 0. The molecule has 0 unspecified atom stereocenters. The molecule has 2 heteroatoms. The van der Waals surface area contributed by atoms with Gasteiger partial charge in [-0.15, -0.1) is 0 Å². The SMILES string of the molecule is C[C@]12CC=CC=C1C(=O)c1ccccc1C2=O. The van der Waals surface area contributed by atoms with E-state index in [9.17, 15) is 9.59 Å². The maximum absolute atomic E-state index is 12.5. The summed E-state index contributed by atoms with van der Waals surface area (Å²) in [6.45, 7) is 1.86. The van der Waals surface area contributed by atoms with Crippen LogP contribution in [0.15, 0.2) is 48.1 Å². The number of hydrogen-bond acceptors (Lipinski definition) is 2. The maximum Gasteiger partial charge on any atom is 0.190 e. The van der Waals surface area contributed by atoms with Crippen LogP contribution in [0.25, 0.3) is 0 Å². The highest BCUT2D eigenvalue weighted by atomic mass is 16.1. The van der Waals surface area contributed by atoms with Crippen LogP contribution in [0, 0.1) is 5.41 Å². The second kappa shape index (κ2) is 3.27. The minimum absolute atomic E-state index is 0.00736. The van der Waals surface area contributed by atoms with Gasteiger partial charge in [0.15, 0.2) is 11.6 Å². The van der Waals surface area contributed by atoms with Gasteiger partial charge in [0.25, 0.3) is 0 Å². The molecule has 0 heterocycles. The lowest BCUT2D eigenvalue weighted by atomic mass is 9.64. The number of ketones is 2. The van der Waals surface area contributed by atoms with Crippen molar-refractivity contribution in [2.24, 2.45) is 5.41 Å². The van der Waals surface area contributed by atoms with Crippen LogP contribution >= 0.6 is 0 Å². The van der Waals surface area contributed by atoms with E-state index in [0.717, 1.165) is 0 Å². The molecule has 0 fully saturated rings. The Morgan fingerprint density at radius 2 is 1.82 bits per heavy atom. The van der Waals surface area contributed by atoms with Crippen molar-refractivity contribution in [1.29, 1.82) is 0 Å². The summed E-state index contributed by atoms with van der Waals surface area (Å²) in [5.74, 6) is 0.0513. The lowest BCUT2D eigenvalue weighted by Crippen LogP contribution is -2.39. The van der Waals surface area contributed by atoms with Gasteiger partial charge in [-0.25, -0.2) is 0 Å². The van der Waals surface area contributed by atoms with Crippen LogP contribution < -0.4 is 0 Å². The van der Waals surface area contributed by atoms with E-state index < -0.39 is 5.41 Å². The molecule has 0 saturated carbocycles. The molecule has 0 bridgehead atoms. The molecule has 3 rings (SSSR count). The molecule has 2 aliphatic rings. The van der Waals surface area contributed by atoms with Gasteiger partial charge in [0.2, 0.25) is 0 Å². The van der Waals surface area contributed by atoms with E-state index in [1.165, 1.54) is 0 Å². The second-order valence-electron chi connectivity index (χ2n) is 4.75. The van der Waals surface area contributed by atoms with Crippen molar-refractivity contribution in [2.75, 3.05) is 0 Å². The molecule has 2 aliphatic carbocycles. The standard InChI is InChI=1S/C15H12O2/c1-15-9-5-4-8-12(15)13(16)10-6-2-3-7-11(10)14(15)17/h2-8H,9H2,1H3/t15-/m0/s1. The molecular formula is C15H12O2. The van der Waals surface area contributed by atoms with E-state index in [1.807, 2.05) is 19.1 Å². The minimum Gasteiger partial charge on any atom is -0.293 e. The topological polar surface area (TPSA) is 34.1 Å². The molecule has 0 amide bonds. The summed E-state index contributed by atoms with van der Waals surface area (Å²) in [6.07, 6.45) is 6.19. The highest BCUT2D eigenvalue weighted by molar-refractivity contribution is 6.25. The third-order valence-corrected chi connectivity index (χ3v) is 3.68. The van der Waals surface area contributed by atoms with Crippen molar-refractivity contribution in [1.82, 2.24) is 0 Å². The molecule has 1 aromatic rings. The van der Waals surface area contributed by atoms with Crippen molar-refractivity contribution in [3.05, 3.63) is 59.2 Å². The quantitative estimate of drug-likeness (QED) is 0.679. The summed E-state index contributed by atoms with van der Waals surface area (Å²) in [6, 6.07) is 7.08. The van der Waals surface area contributed by atoms with Crippen LogP contribution in [0.3, 0.4) is 0 Å². The number of benzene rings is 1. The average molecular weight is 224 g/mol. The van der Waals surface area contributed by atoms with Gasteiger partial charge in [-0.3, -0.25) is 9.59 Å². The fraction of sp³-hybridized carbons (Fsp3) is 0.200. The number of carbonyl (C=O) groups excluding carboxylic acids is 2. The van der Waals surface area contributed by atoms with Crippen LogP contribution in [0.1, 0.15) is 34.1 Å². The number of hydrogen-bond donors (Lipinski definition) is 0. The second-order valence-corrected chi connectivity index (χ2v) is 4.75. The van der Waals surface area contributed by atoms with Gasteiger partial charge >= 0.3 is 0 Å². The number of allylic oxidation sites excluding steroid dienone is 4. The van der Waals surface area contributed by atoms with Crippen LogP contribution in [0.2, 0.25) is 0 Å². The molecule has 0 spiro atoms. The fourth-order valence-electron chi connectivity index (χ4n) is 2.62. The van der Waals surface area contributed by atoms with Gasteiger partial charge in [-0.2, -0.15) is 0 Å². The Labute approximate surface area is 99.6 Å². The first-order chi connectivity index (χ1) is 8.14. The first-order valence-electron chi connectivity index (χ1n) is 5.70. The number of carbonyl (C=O) groups is 2. The van der Waals surface area contributed by atoms with E-state index in [2.05, 4.69) is 0 Å². The Hall–Kier alpha value is -1.96. The largest absolute Gasteiger partial charge is 0.293 e. The molecule has 0 aromatic heterocycles. The van der Waals surface area contributed by atoms with E-state index in [4.69, 9.17) is 0 Å². The molecule has 84 valence electrons. The summed E-state index contributed by atoms with van der Waals surface area (Å²) in [5.41, 5.74) is 1.06. The van der Waals surface area contributed by atoms with E-state index in [-0.39, 0.29) is 11.6 Å². The molecule has 0 N–H and O–H groups in total. The molecule has 17 heavy (non-hydrogen) atoms. The molecule has 1 atom stereocenters. The van der Waals surface area contributed by atoms with Crippen LogP contribution in [-0.2, 0) is 0 Å². The van der Waals surface area contributed by atoms with Crippen molar-refractivity contribution < 1.29 is 9.59 Å². The fourth-order valence-corrected chi connectivity index (χ4v) is 2.62. The zero-order valence-electron chi connectivity index (χ0n) is 9.57. The smallest absolute Gasteiger partial charge is 0.190 e. The minimum atomic E-state index is -0.666. The molecular weight excluding hydrogens is 212 g/mol. The summed E-state index contributed by atoms with van der Waals surface area (Å²) in [4.78, 5) is 24.8. The summed E-state index contributed by atoms with van der Waals surface area (Å²) in [5, 5.41) is 0. The van der Waals surface area contributed by atoms with Crippen molar-refractivity contribution in [3.63, 3.8) is 0 Å². The van der Waals surface area contributed by atoms with Crippen molar-refractivity contribution >= 4 is 11.6 Å². The summed E-state index contributed by atoms with van der Waals surface area (Å²) in [7, 11) is 0. The van der Waals surface area contributed by atoms with Crippen LogP contribution in [-0.4, -0.2) is 11.6 Å². The van der Waals surface area contributed by atoms with Gasteiger partial charge in [0.1, 0.15) is 0 Å². The molecule has 2 nitrogen and oxygen atoms in total. The molecule has 0 radical (unpaired) electrons. The number of fused-ring (bicyclic) bond motifs is 2. The third-order valence-electron chi connectivity index (χ3n) is 3.68. The molecule has 1 aromatic carbocycles. The van der Waals surface area contributed by atoms with Crippen molar-refractivity contribution in [2.45, 2.75) is 13.3 Å². The highest BCUT2D eigenvalue weighted by Crippen LogP contribution is 2.43. The monoisotopic (exact) mass is 224 g/mol. The van der Waals surface area contributed by atoms with E-state index >= 15 is 0 Å². The molecule has 0 aliphatic heterocycles. The molecule has 0 saturated heterocycles. The first-order valence-corrected chi connectivity index (χ1v) is 5.70. The lowest BCUT2D eigenvalue weighted by Gasteiger charge is -2.35. The van der Waals surface area contributed by atoms with Gasteiger partial charge in [0, 0.05) is 16.7 Å². The first kappa shape index (κ1) is 10.2. The van der Waals surface area contributed by atoms with E-state index in [0.29, 0.717) is 23.1 Å². The normalized spacial score (nSPS) is 26.3. The zero-order chi connectivity index (χ0) is 12.0. The van der Waals surface area contributed by atoms with Crippen LogP contribution in [0.5, 0.6) is 0 Å². The van der Waals surface area contributed by atoms with E-state index in [1.54, 1.807) is 30.3 Å². The predicted octanol–water partition coefficient (Wildman–Crippen LogP) is 2.96. The Morgan fingerprint density at radius 1 is 1.12 bits per heavy atom. The average Bonchev–Trinajstić information content (AvgIpc) is 2.36. The zero-order valence-corrected chi connectivity index (χ0v) is 9.57. The maximum atomic E-state index is 12.5. The Balaban J connectivity index is 2.31. The predicted molar refractivity (Wildman–Crippen MR) is 65.1 cm³/mol.